The van der Waals surface area contributed by atoms with Crippen LogP contribution in [0.4, 0.5) is 10.1 Å². The van der Waals surface area contributed by atoms with E-state index in [1.807, 2.05) is 0 Å². The fraction of sp³-hybridized carbons (Fsp3) is 0.154. The molecule has 94 valence electrons. The molecule has 4 nitrogen and oxygen atoms in total. The number of anilines is 1. The predicted octanol–water partition coefficient (Wildman–Crippen LogP) is 2.55. The maximum absolute atomic E-state index is 13.5. The Morgan fingerprint density at radius 2 is 2.22 bits per heavy atom. The molecule has 18 heavy (non-hydrogen) atoms. The Morgan fingerprint density at radius 1 is 1.39 bits per heavy atom. The number of phenols is 1. The lowest BCUT2D eigenvalue weighted by molar-refractivity contribution is 0.398. The van der Waals surface area contributed by atoms with E-state index in [9.17, 15) is 9.50 Å². The lowest BCUT2D eigenvalue weighted by Gasteiger charge is -2.09. The molecule has 0 aliphatic rings. The molecule has 0 aliphatic carbocycles. The fourth-order valence-corrected chi connectivity index (χ4v) is 1.54. The van der Waals surface area contributed by atoms with Gasteiger partial charge < -0.3 is 15.2 Å². The van der Waals surface area contributed by atoms with Crippen molar-refractivity contribution in [1.29, 1.82) is 0 Å². The second-order valence-corrected chi connectivity index (χ2v) is 3.68. The number of hydrogen-bond acceptors (Lipinski definition) is 4. The molecule has 0 saturated carbocycles. The lowest BCUT2D eigenvalue weighted by atomic mass is 10.2. The van der Waals surface area contributed by atoms with Crippen LogP contribution in [0.25, 0.3) is 0 Å². The van der Waals surface area contributed by atoms with Gasteiger partial charge in [0, 0.05) is 30.1 Å². The minimum absolute atomic E-state index is 0.0662. The van der Waals surface area contributed by atoms with E-state index in [2.05, 4.69) is 10.3 Å². The van der Waals surface area contributed by atoms with E-state index in [0.717, 1.165) is 5.69 Å². The summed E-state index contributed by atoms with van der Waals surface area (Å²) in [6.07, 6.45) is 1.59. The molecule has 0 unspecified atom stereocenters. The van der Waals surface area contributed by atoms with Gasteiger partial charge in [-0.05, 0) is 18.2 Å². The van der Waals surface area contributed by atoms with Crippen molar-refractivity contribution < 1.29 is 14.2 Å². The summed E-state index contributed by atoms with van der Waals surface area (Å²) < 4.78 is 18.4. The summed E-state index contributed by atoms with van der Waals surface area (Å²) in [7, 11) is 1.52. The summed E-state index contributed by atoms with van der Waals surface area (Å²) in [5, 5.41) is 12.6. The summed E-state index contributed by atoms with van der Waals surface area (Å²) in [6, 6.07) is 7.65. The molecule has 2 N–H and O–H groups in total. The van der Waals surface area contributed by atoms with Crippen LogP contribution in [0.2, 0.25) is 0 Å². The molecule has 0 saturated heterocycles. The van der Waals surface area contributed by atoms with Crippen molar-refractivity contribution in [1.82, 2.24) is 4.98 Å². The zero-order valence-corrected chi connectivity index (χ0v) is 9.85. The summed E-state index contributed by atoms with van der Waals surface area (Å²) >= 11 is 0. The van der Waals surface area contributed by atoms with Crippen LogP contribution in [-0.4, -0.2) is 17.2 Å². The first kappa shape index (κ1) is 12.2. The first-order chi connectivity index (χ1) is 8.70. The Morgan fingerprint density at radius 3 is 2.94 bits per heavy atom. The normalized spacial score (nSPS) is 10.1. The minimum Gasteiger partial charge on any atom is -0.507 e. The largest absolute Gasteiger partial charge is 0.507 e. The molecule has 5 heteroatoms. The molecule has 1 aromatic carbocycles. The smallest absolute Gasteiger partial charge is 0.214 e. The number of pyridine rings is 1. The predicted molar refractivity (Wildman–Crippen MR) is 66.2 cm³/mol. The number of aromatic hydroxyl groups is 1. The van der Waals surface area contributed by atoms with Crippen LogP contribution in [0.3, 0.4) is 0 Å². The first-order valence-electron chi connectivity index (χ1n) is 5.41. The third-order valence-corrected chi connectivity index (χ3v) is 2.51. The van der Waals surface area contributed by atoms with Gasteiger partial charge in [-0.3, -0.25) is 0 Å². The Labute approximate surface area is 104 Å². The van der Waals surface area contributed by atoms with E-state index in [0.29, 0.717) is 5.88 Å². The zero-order valence-electron chi connectivity index (χ0n) is 9.85. The maximum Gasteiger partial charge on any atom is 0.214 e. The number of phenolic OH excluding ortho intramolecular Hbond substituents is 1. The van der Waals surface area contributed by atoms with E-state index < -0.39 is 5.82 Å². The standard InChI is InChI=1S/C13H13FN2O2/c1-18-13-7-9(5-6-15-13)16-8-10-11(14)3-2-4-12(10)17/h2-7,17H,8H2,1H3,(H,15,16). The Kier molecular flexibility index (Phi) is 3.62. The Balaban J connectivity index is 2.11. The number of methoxy groups -OCH3 is 1. The zero-order chi connectivity index (χ0) is 13.0. The summed E-state index contributed by atoms with van der Waals surface area (Å²) in [5.41, 5.74) is 0.970. The quantitative estimate of drug-likeness (QED) is 0.873. The van der Waals surface area contributed by atoms with Gasteiger partial charge in [-0.15, -0.1) is 0 Å². The number of aromatic nitrogens is 1. The molecular formula is C13H13FN2O2. The number of benzene rings is 1. The lowest BCUT2D eigenvalue weighted by Crippen LogP contribution is -2.02. The molecule has 0 atom stereocenters. The van der Waals surface area contributed by atoms with Gasteiger partial charge in [-0.25, -0.2) is 9.37 Å². The van der Waals surface area contributed by atoms with E-state index in [1.54, 1.807) is 18.3 Å². The van der Waals surface area contributed by atoms with Crippen molar-refractivity contribution in [2.24, 2.45) is 0 Å². The van der Waals surface area contributed by atoms with E-state index in [1.165, 1.54) is 25.3 Å². The average Bonchev–Trinajstić information content (AvgIpc) is 2.38. The molecule has 0 bridgehead atoms. The molecule has 0 fully saturated rings. The van der Waals surface area contributed by atoms with Crippen LogP contribution in [0.15, 0.2) is 36.5 Å². The fourth-order valence-electron chi connectivity index (χ4n) is 1.54. The third-order valence-electron chi connectivity index (χ3n) is 2.51. The van der Waals surface area contributed by atoms with Gasteiger partial charge in [-0.1, -0.05) is 6.07 Å². The molecular weight excluding hydrogens is 235 g/mol. The summed E-state index contributed by atoms with van der Waals surface area (Å²) in [6.45, 7) is 0.186. The number of halogens is 1. The van der Waals surface area contributed by atoms with Crippen LogP contribution in [0.5, 0.6) is 11.6 Å². The highest BCUT2D eigenvalue weighted by Crippen LogP contribution is 2.21. The van der Waals surface area contributed by atoms with Crippen molar-refractivity contribution in [2.75, 3.05) is 12.4 Å². The van der Waals surface area contributed by atoms with Gasteiger partial charge in [0.25, 0.3) is 0 Å². The highest BCUT2D eigenvalue weighted by atomic mass is 19.1. The van der Waals surface area contributed by atoms with Crippen molar-refractivity contribution in [2.45, 2.75) is 6.54 Å². The summed E-state index contributed by atoms with van der Waals surface area (Å²) in [4.78, 5) is 3.96. The third kappa shape index (κ3) is 2.68. The van der Waals surface area contributed by atoms with E-state index in [4.69, 9.17) is 4.74 Å². The molecule has 1 aromatic heterocycles. The van der Waals surface area contributed by atoms with Crippen molar-refractivity contribution in [3.63, 3.8) is 0 Å². The SMILES string of the molecule is COc1cc(NCc2c(O)cccc2F)ccn1. The van der Waals surface area contributed by atoms with Gasteiger partial charge in [-0.2, -0.15) is 0 Å². The Hall–Kier alpha value is -2.30. The van der Waals surface area contributed by atoms with Crippen LogP contribution >= 0.6 is 0 Å². The van der Waals surface area contributed by atoms with Crippen molar-refractivity contribution in [3.8, 4) is 11.6 Å². The van der Waals surface area contributed by atoms with Crippen molar-refractivity contribution >= 4 is 5.69 Å². The molecule has 0 aliphatic heterocycles. The number of nitrogens with one attached hydrogen (secondary N) is 1. The second-order valence-electron chi connectivity index (χ2n) is 3.68. The molecule has 1 heterocycles. The molecule has 2 rings (SSSR count). The molecule has 0 spiro atoms. The van der Waals surface area contributed by atoms with Crippen LogP contribution in [0, 0.1) is 5.82 Å². The first-order valence-corrected chi connectivity index (χ1v) is 5.41. The van der Waals surface area contributed by atoms with Gasteiger partial charge in [0.1, 0.15) is 11.6 Å². The van der Waals surface area contributed by atoms with Crippen molar-refractivity contribution in [3.05, 3.63) is 47.9 Å². The molecule has 0 radical (unpaired) electrons. The topological polar surface area (TPSA) is 54.4 Å². The number of ether oxygens (including phenoxy) is 1. The monoisotopic (exact) mass is 248 g/mol. The van der Waals surface area contributed by atoms with Gasteiger partial charge in [0.05, 0.1) is 7.11 Å². The van der Waals surface area contributed by atoms with E-state index in [-0.39, 0.29) is 17.9 Å². The Bertz CT molecular complexity index is 526. The highest BCUT2D eigenvalue weighted by Gasteiger charge is 2.07. The molecule has 0 amide bonds. The van der Waals surface area contributed by atoms with Gasteiger partial charge in [0.2, 0.25) is 5.88 Å². The van der Waals surface area contributed by atoms with E-state index >= 15 is 0 Å². The van der Waals surface area contributed by atoms with Gasteiger partial charge >= 0.3 is 0 Å². The minimum atomic E-state index is -0.441. The average molecular weight is 248 g/mol. The second kappa shape index (κ2) is 5.35. The number of rotatable bonds is 4. The molecule has 2 aromatic rings. The van der Waals surface area contributed by atoms with Crippen LogP contribution in [-0.2, 0) is 6.54 Å². The number of nitrogens with zero attached hydrogens (tertiary/aromatic N) is 1. The highest BCUT2D eigenvalue weighted by molar-refractivity contribution is 5.46. The van der Waals surface area contributed by atoms with Crippen LogP contribution in [0.1, 0.15) is 5.56 Å². The van der Waals surface area contributed by atoms with Gasteiger partial charge in [0.15, 0.2) is 0 Å². The maximum atomic E-state index is 13.5. The summed E-state index contributed by atoms with van der Waals surface area (Å²) in [5.74, 6) is -0.0372. The van der Waals surface area contributed by atoms with Crippen LogP contribution < -0.4 is 10.1 Å². The number of hydrogen-bond donors (Lipinski definition) is 2.